The highest BCUT2D eigenvalue weighted by Crippen LogP contribution is 2.15. The molecule has 2 aromatic heterocycles. The van der Waals surface area contributed by atoms with Crippen LogP contribution in [0.5, 0.6) is 5.88 Å². The lowest BCUT2D eigenvalue weighted by atomic mass is 10.4. The van der Waals surface area contributed by atoms with Crippen molar-refractivity contribution < 1.29 is 9.13 Å². The molecule has 2 aromatic rings. The molecule has 0 N–H and O–H groups in total. The summed E-state index contributed by atoms with van der Waals surface area (Å²) >= 11 is 0. The summed E-state index contributed by atoms with van der Waals surface area (Å²) in [5.41, 5.74) is 0. The van der Waals surface area contributed by atoms with Crippen molar-refractivity contribution in [1.29, 1.82) is 0 Å². The van der Waals surface area contributed by atoms with Crippen LogP contribution in [0.4, 0.5) is 10.3 Å². The van der Waals surface area contributed by atoms with E-state index < -0.39 is 5.82 Å². The zero-order valence-corrected chi connectivity index (χ0v) is 11.0. The van der Waals surface area contributed by atoms with Gasteiger partial charge < -0.3 is 9.64 Å². The quantitative estimate of drug-likeness (QED) is 0.789. The van der Waals surface area contributed by atoms with Crippen molar-refractivity contribution in [2.75, 3.05) is 25.6 Å². The van der Waals surface area contributed by atoms with E-state index >= 15 is 0 Å². The summed E-state index contributed by atoms with van der Waals surface area (Å²) in [5.74, 6) is -0.154. The molecule has 102 valence electrons. The van der Waals surface area contributed by atoms with Crippen LogP contribution >= 0.6 is 0 Å². The summed E-state index contributed by atoms with van der Waals surface area (Å²) in [6, 6.07) is 1.89. The predicted octanol–water partition coefficient (Wildman–Crippen LogP) is 1.35. The molecule has 0 radical (unpaired) electrons. The van der Waals surface area contributed by atoms with Gasteiger partial charge in [-0.3, -0.25) is 4.68 Å². The minimum atomic E-state index is -0.559. The zero-order valence-electron chi connectivity index (χ0n) is 11.0. The summed E-state index contributed by atoms with van der Waals surface area (Å²) in [6.07, 6.45) is 5.67. The fourth-order valence-electron chi connectivity index (χ4n) is 1.67. The van der Waals surface area contributed by atoms with Crippen LogP contribution in [0.3, 0.4) is 0 Å². The summed E-state index contributed by atoms with van der Waals surface area (Å²) in [7, 11) is 3.24. The van der Waals surface area contributed by atoms with Crippen molar-refractivity contribution in [1.82, 2.24) is 19.7 Å². The molecule has 7 heteroatoms. The molecule has 0 bridgehead atoms. The average molecular weight is 265 g/mol. The number of halogens is 1. The minimum Gasteiger partial charge on any atom is -0.479 e. The van der Waals surface area contributed by atoms with E-state index in [2.05, 4.69) is 15.1 Å². The second kappa shape index (κ2) is 6.12. The first-order valence-electron chi connectivity index (χ1n) is 5.96. The molecule has 0 saturated carbocycles. The maximum Gasteiger partial charge on any atom is 0.255 e. The van der Waals surface area contributed by atoms with Gasteiger partial charge in [-0.05, 0) is 12.5 Å². The van der Waals surface area contributed by atoms with E-state index in [-0.39, 0.29) is 5.88 Å². The Morgan fingerprint density at radius 1 is 1.47 bits per heavy atom. The Bertz CT molecular complexity index is 517. The van der Waals surface area contributed by atoms with Gasteiger partial charge in [-0.25, -0.2) is 4.98 Å². The molecule has 0 saturated heterocycles. The Hall–Kier alpha value is -2.18. The van der Waals surface area contributed by atoms with Crippen LogP contribution in [0.25, 0.3) is 0 Å². The number of aromatic nitrogens is 4. The SMILES string of the molecule is COc1nc(N(C)CCCn2cccn2)ncc1F. The van der Waals surface area contributed by atoms with Crippen LogP contribution in [0.2, 0.25) is 0 Å². The van der Waals surface area contributed by atoms with E-state index in [0.717, 1.165) is 25.7 Å². The number of ether oxygens (including phenoxy) is 1. The smallest absolute Gasteiger partial charge is 0.255 e. The molecule has 2 heterocycles. The third-order valence-electron chi connectivity index (χ3n) is 2.67. The fourth-order valence-corrected chi connectivity index (χ4v) is 1.67. The van der Waals surface area contributed by atoms with Gasteiger partial charge in [0.2, 0.25) is 11.8 Å². The summed E-state index contributed by atoms with van der Waals surface area (Å²) < 4.78 is 19.9. The van der Waals surface area contributed by atoms with Crippen molar-refractivity contribution in [2.24, 2.45) is 0 Å². The first kappa shape index (κ1) is 13.3. The van der Waals surface area contributed by atoms with Crippen molar-refractivity contribution in [3.05, 3.63) is 30.5 Å². The molecular weight excluding hydrogens is 249 g/mol. The van der Waals surface area contributed by atoms with Crippen LogP contribution < -0.4 is 9.64 Å². The molecule has 0 aromatic carbocycles. The summed E-state index contributed by atoms with van der Waals surface area (Å²) in [4.78, 5) is 9.79. The molecule has 0 aliphatic heterocycles. The highest BCUT2D eigenvalue weighted by atomic mass is 19.1. The van der Waals surface area contributed by atoms with Gasteiger partial charge in [0, 0.05) is 32.5 Å². The van der Waals surface area contributed by atoms with Gasteiger partial charge in [0.25, 0.3) is 5.88 Å². The van der Waals surface area contributed by atoms with E-state index in [0.29, 0.717) is 5.95 Å². The lowest BCUT2D eigenvalue weighted by Gasteiger charge is -2.17. The van der Waals surface area contributed by atoms with Gasteiger partial charge in [0.15, 0.2) is 0 Å². The lowest BCUT2D eigenvalue weighted by Crippen LogP contribution is -2.22. The van der Waals surface area contributed by atoms with Crippen LogP contribution in [0.1, 0.15) is 6.42 Å². The second-order valence-corrected chi connectivity index (χ2v) is 4.07. The number of nitrogens with zero attached hydrogens (tertiary/aromatic N) is 5. The largest absolute Gasteiger partial charge is 0.479 e. The van der Waals surface area contributed by atoms with Crippen molar-refractivity contribution in [3.63, 3.8) is 0 Å². The molecule has 0 aliphatic carbocycles. The number of rotatable bonds is 6. The minimum absolute atomic E-state index is 0.0380. The topological polar surface area (TPSA) is 56.1 Å². The maximum atomic E-state index is 13.2. The second-order valence-electron chi connectivity index (χ2n) is 4.07. The Morgan fingerprint density at radius 2 is 2.32 bits per heavy atom. The van der Waals surface area contributed by atoms with Gasteiger partial charge in [-0.2, -0.15) is 14.5 Å². The normalized spacial score (nSPS) is 10.5. The summed E-state index contributed by atoms with van der Waals surface area (Å²) in [6.45, 7) is 1.56. The van der Waals surface area contributed by atoms with Crippen molar-refractivity contribution in [3.8, 4) is 5.88 Å². The Balaban J connectivity index is 1.90. The highest BCUT2D eigenvalue weighted by Gasteiger charge is 2.10. The molecule has 0 fully saturated rings. The number of aryl methyl sites for hydroxylation is 1. The van der Waals surface area contributed by atoms with Gasteiger partial charge in [0.1, 0.15) is 0 Å². The molecule has 0 aliphatic rings. The molecule has 0 unspecified atom stereocenters. The van der Waals surface area contributed by atoms with Crippen molar-refractivity contribution >= 4 is 5.95 Å². The van der Waals surface area contributed by atoms with Gasteiger partial charge in [-0.15, -0.1) is 0 Å². The Labute approximate surface area is 110 Å². The number of methoxy groups -OCH3 is 1. The summed E-state index contributed by atoms with van der Waals surface area (Å²) in [5, 5.41) is 4.12. The van der Waals surface area contributed by atoms with E-state index in [4.69, 9.17) is 4.74 Å². The molecular formula is C12H16FN5O. The molecule has 0 atom stereocenters. The molecule has 0 amide bonds. The van der Waals surface area contributed by atoms with Crippen LogP contribution in [0, 0.1) is 5.82 Å². The van der Waals surface area contributed by atoms with Gasteiger partial charge in [0.05, 0.1) is 13.3 Å². The van der Waals surface area contributed by atoms with Crippen LogP contribution in [0.15, 0.2) is 24.7 Å². The monoisotopic (exact) mass is 265 g/mol. The number of hydrogen-bond acceptors (Lipinski definition) is 5. The number of hydrogen-bond donors (Lipinski definition) is 0. The molecule has 19 heavy (non-hydrogen) atoms. The predicted molar refractivity (Wildman–Crippen MR) is 68.7 cm³/mol. The first-order chi connectivity index (χ1) is 9.20. The van der Waals surface area contributed by atoms with Crippen LogP contribution in [-0.4, -0.2) is 40.5 Å². The van der Waals surface area contributed by atoms with E-state index in [1.54, 1.807) is 6.20 Å². The first-order valence-corrected chi connectivity index (χ1v) is 5.96. The third-order valence-corrected chi connectivity index (χ3v) is 2.67. The molecule has 2 rings (SSSR count). The van der Waals surface area contributed by atoms with E-state index in [9.17, 15) is 4.39 Å². The van der Waals surface area contributed by atoms with Crippen LogP contribution in [-0.2, 0) is 6.54 Å². The molecule has 0 spiro atoms. The average Bonchev–Trinajstić information content (AvgIpc) is 2.92. The van der Waals surface area contributed by atoms with E-state index in [1.807, 2.05) is 28.9 Å². The van der Waals surface area contributed by atoms with E-state index in [1.165, 1.54) is 7.11 Å². The Morgan fingerprint density at radius 3 is 3.00 bits per heavy atom. The molecule has 6 nitrogen and oxygen atoms in total. The fraction of sp³-hybridized carbons (Fsp3) is 0.417. The van der Waals surface area contributed by atoms with Crippen molar-refractivity contribution in [2.45, 2.75) is 13.0 Å². The Kier molecular flexibility index (Phi) is 4.27. The maximum absolute atomic E-state index is 13.2. The zero-order chi connectivity index (χ0) is 13.7. The highest BCUT2D eigenvalue weighted by molar-refractivity contribution is 5.31. The standard InChI is InChI=1S/C12H16FN5O/c1-17(6-4-8-18-7-3-5-15-18)12-14-9-10(13)11(16-12)19-2/h3,5,7,9H,4,6,8H2,1-2H3. The number of anilines is 1. The third kappa shape index (κ3) is 3.40. The lowest BCUT2D eigenvalue weighted by molar-refractivity contribution is 0.367. The van der Waals surface area contributed by atoms with Gasteiger partial charge >= 0.3 is 0 Å². The van der Waals surface area contributed by atoms with Gasteiger partial charge in [-0.1, -0.05) is 0 Å².